The molecule has 0 radical (unpaired) electrons. The zero-order valence-electron chi connectivity index (χ0n) is 24.6. The lowest BCUT2D eigenvalue weighted by Gasteiger charge is -2.40. The van der Waals surface area contributed by atoms with E-state index in [9.17, 15) is 43.9 Å². The largest absolute Gasteiger partial charge is 0.460 e. The molecule has 0 spiro atoms. The molecule has 0 unspecified atom stereocenters. The molecule has 0 aliphatic heterocycles. The quantitative estimate of drug-likeness (QED) is 0.0992. The van der Waals surface area contributed by atoms with Crippen molar-refractivity contribution < 1.29 is 56.4 Å². The summed E-state index contributed by atoms with van der Waals surface area (Å²) in [6, 6.07) is 26.1. The normalized spacial score (nSPS) is 13.8. The molecule has 260 valence electrons. The van der Waals surface area contributed by atoms with Crippen LogP contribution in [0.15, 0.2) is 123 Å². The highest BCUT2D eigenvalue weighted by molar-refractivity contribution is 8.34. The summed E-state index contributed by atoms with van der Waals surface area (Å²) in [7, 11) is -11.4. The topological polar surface area (TPSA) is 60.4 Å². The highest BCUT2D eigenvalue weighted by atomic mass is 32.3. The van der Waals surface area contributed by atoms with E-state index in [1.165, 1.54) is 91.1 Å². The molecule has 17 heteroatoms. The molecule has 49 heavy (non-hydrogen) atoms. The number of hydrogen-bond acceptors (Lipinski definition) is 6. The second kappa shape index (κ2) is 12.9. The molecule has 2 aromatic heterocycles. The van der Waals surface area contributed by atoms with Crippen molar-refractivity contribution in [3.63, 3.8) is 0 Å². The van der Waals surface area contributed by atoms with Gasteiger partial charge in [-0.05, 0) is 76.9 Å². The molecule has 4 nitrogen and oxygen atoms in total. The Labute approximate surface area is 283 Å². The van der Waals surface area contributed by atoms with Gasteiger partial charge in [-0.2, -0.15) is 47.9 Å². The lowest BCUT2D eigenvalue weighted by atomic mass is 10.1. The maximum atomic E-state index is 15.1. The van der Waals surface area contributed by atoms with Crippen LogP contribution in [0.25, 0.3) is 20.9 Å². The zero-order chi connectivity index (χ0) is 36.0. The van der Waals surface area contributed by atoms with Crippen molar-refractivity contribution in [2.45, 2.75) is 44.2 Å². The Morgan fingerprint density at radius 1 is 0.592 bits per heavy atom. The van der Waals surface area contributed by atoms with E-state index >= 15 is 8.78 Å². The van der Waals surface area contributed by atoms with Gasteiger partial charge < -0.3 is 0 Å². The second-order valence-corrected chi connectivity index (χ2v) is 17.2. The van der Waals surface area contributed by atoms with Gasteiger partial charge >= 0.3 is 33.4 Å². The number of carbonyl (C=O) groups is 1. The van der Waals surface area contributed by atoms with Gasteiger partial charge in [0, 0.05) is 19.5 Å². The summed E-state index contributed by atoms with van der Waals surface area (Å²) in [5.74, 6) is -15.1. The fraction of sp³-hybridized carbons (Fsp3) is 0.156. The average molecular weight is 769 g/mol. The van der Waals surface area contributed by atoms with E-state index in [-0.39, 0.29) is 19.8 Å². The van der Waals surface area contributed by atoms with E-state index in [1.807, 2.05) is 0 Å². The van der Waals surface area contributed by atoms with Crippen LogP contribution in [-0.4, -0.2) is 37.5 Å². The van der Waals surface area contributed by atoms with Gasteiger partial charge in [-0.1, -0.05) is 60.7 Å². The standard InChI is InChI=1S/C32H21F9O4S4/c1-20(42)25-16-17-26(46-25)21-12-14-22(15-13-21)27-18-19-28(47-27)48(23-8-4-2-5-9-23,24-10-6-3-7-11-24)45-49(43,44)32(40,41)30(35,36)29(33,34)31(37,38)39/h2-19H,1H3. The van der Waals surface area contributed by atoms with Crippen molar-refractivity contribution in [3.05, 3.63) is 114 Å². The highest BCUT2D eigenvalue weighted by Gasteiger charge is 2.86. The van der Waals surface area contributed by atoms with E-state index in [2.05, 4.69) is 0 Å². The van der Waals surface area contributed by atoms with Gasteiger partial charge in [0.15, 0.2) is 5.78 Å². The Balaban J connectivity index is 1.66. The minimum absolute atomic E-state index is 0.110. The Hall–Kier alpha value is -3.64. The monoisotopic (exact) mass is 768 g/mol. The molecule has 0 aliphatic carbocycles. The van der Waals surface area contributed by atoms with E-state index in [0.717, 1.165) is 21.8 Å². The first kappa shape index (κ1) is 36.6. The van der Waals surface area contributed by atoms with Crippen LogP contribution in [0.3, 0.4) is 0 Å². The number of Topliss-reactive ketones (excluding diaryl/α,β-unsaturated/α-hetero) is 1. The first-order valence-corrected chi connectivity index (χ1v) is 18.3. The first-order chi connectivity index (χ1) is 22.8. The number of benzene rings is 3. The summed E-state index contributed by atoms with van der Waals surface area (Å²) in [4.78, 5) is 13.1. The van der Waals surface area contributed by atoms with Crippen LogP contribution < -0.4 is 0 Å². The predicted octanol–water partition coefficient (Wildman–Crippen LogP) is 11.3. The molecule has 0 amide bonds. The van der Waals surface area contributed by atoms with E-state index in [1.54, 1.807) is 36.4 Å². The van der Waals surface area contributed by atoms with Gasteiger partial charge in [-0.3, -0.25) is 4.79 Å². The Morgan fingerprint density at radius 2 is 1.04 bits per heavy atom. The molecule has 0 atom stereocenters. The van der Waals surface area contributed by atoms with Gasteiger partial charge in [0.2, 0.25) is 0 Å². The van der Waals surface area contributed by atoms with Crippen LogP contribution in [0.5, 0.6) is 0 Å². The molecule has 0 N–H and O–H groups in total. The van der Waals surface area contributed by atoms with Crippen molar-refractivity contribution in [2.75, 3.05) is 0 Å². The molecule has 5 aromatic rings. The maximum Gasteiger partial charge on any atom is 0.460 e. The van der Waals surface area contributed by atoms with Crippen molar-refractivity contribution in [1.82, 2.24) is 0 Å². The predicted molar refractivity (Wildman–Crippen MR) is 169 cm³/mol. The van der Waals surface area contributed by atoms with Gasteiger partial charge in [0.05, 0.1) is 9.09 Å². The third kappa shape index (κ3) is 6.30. The first-order valence-electron chi connectivity index (χ1n) is 13.7. The van der Waals surface area contributed by atoms with E-state index in [0.29, 0.717) is 15.3 Å². The van der Waals surface area contributed by atoms with Crippen LogP contribution >= 0.6 is 33.0 Å². The number of carbonyl (C=O) groups excluding carboxylic acids is 1. The van der Waals surface area contributed by atoms with Gasteiger partial charge in [-0.15, -0.1) is 22.7 Å². The van der Waals surface area contributed by atoms with E-state index in [4.69, 9.17) is 3.63 Å². The SMILES string of the molecule is CC(=O)c1ccc(-c2ccc(-c3ccc(S(OS(=O)(=O)C(F)(F)C(F)(F)C(F)(F)C(F)(F)F)(c4ccccc4)c4ccccc4)s3)cc2)s1. The lowest BCUT2D eigenvalue weighted by molar-refractivity contribution is -0.382. The number of rotatable bonds is 11. The second-order valence-electron chi connectivity index (χ2n) is 10.3. The minimum Gasteiger partial charge on any atom is -0.294 e. The number of halogens is 9. The Morgan fingerprint density at radius 3 is 1.47 bits per heavy atom. The fourth-order valence-corrected chi connectivity index (χ4v) is 12.6. The van der Waals surface area contributed by atoms with Crippen molar-refractivity contribution in [1.29, 1.82) is 0 Å². The summed E-state index contributed by atoms with van der Waals surface area (Å²) < 4.78 is 157. The van der Waals surface area contributed by atoms with E-state index < -0.39 is 43.7 Å². The molecule has 5 rings (SSSR count). The molecule has 0 fully saturated rings. The van der Waals surface area contributed by atoms with Gasteiger partial charge in [0.25, 0.3) is 0 Å². The van der Waals surface area contributed by atoms with Crippen LogP contribution in [0.4, 0.5) is 39.5 Å². The summed E-state index contributed by atoms with van der Waals surface area (Å²) in [5.41, 5.74) is 1.28. The number of alkyl halides is 9. The molecule has 0 aliphatic rings. The van der Waals surface area contributed by atoms with Crippen molar-refractivity contribution >= 4 is 48.9 Å². The van der Waals surface area contributed by atoms with Crippen molar-refractivity contribution in [3.8, 4) is 20.9 Å². The number of ketones is 1. The van der Waals surface area contributed by atoms with Crippen molar-refractivity contribution in [2.24, 2.45) is 0 Å². The maximum absolute atomic E-state index is 15.1. The molecule has 0 bridgehead atoms. The number of thiophene rings is 2. The fourth-order valence-electron chi connectivity index (χ4n) is 4.51. The smallest absolute Gasteiger partial charge is 0.294 e. The summed E-state index contributed by atoms with van der Waals surface area (Å²) in [6.07, 6.45) is -7.24. The molecule has 2 heterocycles. The average Bonchev–Trinajstić information content (AvgIpc) is 3.75. The van der Waals surface area contributed by atoms with Crippen LogP contribution in [0, 0.1) is 0 Å². The zero-order valence-corrected chi connectivity index (χ0v) is 27.8. The van der Waals surface area contributed by atoms with Crippen LogP contribution in [0.1, 0.15) is 16.6 Å². The lowest BCUT2D eigenvalue weighted by Crippen LogP contribution is -2.63. The molecular formula is C32H21F9O4S4. The molecule has 3 aromatic carbocycles. The third-order valence-electron chi connectivity index (χ3n) is 7.04. The molecule has 0 saturated heterocycles. The summed E-state index contributed by atoms with van der Waals surface area (Å²) in [6.45, 7) is 1.43. The summed E-state index contributed by atoms with van der Waals surface area (Å²) >= 11 is 2.07. The Bertz CT molecular complexity index is 2020. The van der Waals surface area contributed by atoms with Crippen LogP contribution in [-0.2, 0) is 13.7 Å². The molecular weight excluding hydrogens is 748 g/mol. The summed E-state index contributed by atoms with van der Waals surface area (Å²) in [5, 5.41) is -7.07. The third-order valence-corrected chi connectivity index (χ3v) is 15.2. The minimum atomic E-state index is -7.48. The highest BCUT2D eigenvalue weighted by Crippen LogP contribution is 2.73. The molecule has 0 saturated carbocycles. The Kier molecular flexibility index (Phi) is 9.66. The van der Waals surface area contributed by atoms with Gasteiger partial charge in [-0.25, -0.2) is 3.63 Å². The van der Waals surface area contributed by atoms with Gasteiger partial charge in [0.1, 0.15) is 0 Å². The van der Waals surface area contributed by atoms with Crippen LogP contribution in [0.2, 0.25) is 0 Å². The number of hydrogen-bond donors (Lipinski definition) is 0.